The van der Waals surface area contributed by atoms with Crippen molar-refractivity contribution >= 4 is 5.69 Å². The molecule has 2 nitrogen and oxygen atoms in total. The van der Waals surface area contributed by atoms with E-state index in [9.17, 15) is 5.11 Å². The highest BCUT2D eigenvalue weighted by Crippen LogP contribution is 2.27. The molecule has 0 saturated heterocycles. The number of fused-ring (bicyclic) bond motifs is 1. The highest BCUT2D eigenvalue weighted by Gasteiger charge is 2.14. The Morgan fingerprint density at radius 2 is 1.76 bits per heavy atom. The molecule has 0 amide bonds. The molecule has 1 radical (unpaired) electrons. The lowest BCUT2D eigenvalue weighted by Crippen LogP contribution is -2.24. The van der Waals surface area contributed by atoms with E-state index in [0.717, 1.165) is 13.1 Å². The van der Waals surface area contributed by atoms with Gasteiger partial charge in [0.2, 0.25) is 0 Å². The van der Waals surface area contributed by atoms with Gasteiger partial charge < -0.3 is 4.90 Å². The molecule has 2 aromatic rings. The van der Waals surface area contributed by atoms with Crippen molar-refractivity contribution < 1.29 is 5.11 Å². The van der Waals surface area contributed by atoms with Crippen LogP contribution in [0.25, 0.3) is 0 Å². The van der Waals surface area contributed by atoms with Crippen molar-refractivity contribution in [3.05, 3.63) is 65.2 Å². The van der Waals surface area contributed by atoms with Gasteiger partial charge in [-0.3, -0.25) is 0 Å². The average Bonchev–Trinajstić information content (AvgIpc) is 3.00. The van der Waals surface area contributed by atoms with E-state index >= 15 is 0 Å². The molecule has 0 N–H and O–H groups in total. The molecule has 2 aromatic carbocycles. The van der Waals surface area contributed by atoms with Crippen molar-refractivity contribution in [2.45, 2.75) is 32.2 Å². The number of rotatable bonds is 6. The third-order valence-corrected chi connectivity index (χ3v) is 4.24. The van der Waals surface area contributed by atoms with Crippen LogP contribution in [0.5, 0.6) is 0 Å². The Bertz CT molecular complexity index is 579. The van der Waals surface area contributed by atoms with E-state index in [0.29, 0.717) is 6.42 Å². The van der Waals surface area contributed by atoms with Crippen LogP contribution < -0.4 is 4.90 Å². The minimum absolute atomic E-state index is 0.00374. The van der Waals surface area contributed by atoms with Gasteiger partial charge in [0.1, 0.15) is 0 Å². The zero-order valence-corrected chi connectivity index (χ0v) is 12.4. The number of hydrogen-bond acceptors (Lipinski definition) is 1. The molecule has 0 fully saturated rings. The summed E-state index contributed by atoms with van der Waals surface area (Å²) in [7, 11) is 0. The molecule has 0 aliphatic heterocycles. The number of anilines is 1. The highest BCUT2D eigenvalue weighted by atomic mass is 16.3. The zero-order chi connectivity index (χ0) is 14.5. The largest absolute Gasteiger partial charge is 0.367 e. The van der Waals surface area contributed by atoms with Crippen LogP contribution in [-0.4, -0.2) is 13.2 Å². The lowest BCUT2D eigenvalue weighted by atomic mass is 10.1. The summed E-state index contributed by atoms with van der Waals surface area (Å²) in [6, 6.07) is 17.3. The molecule has 0 saturated carbocycles. The average molecular weight is 280 g/mol. The first-order chi connectivity index (χ1) is 10.4. The van der Waals surface area contributed by atoms with Gasteiger partial charge in [0, 0.05) is 18.8 Å². The van der Waals surface area contributed by atoms with Crippen molar-refractivity contribution in [1.82, 2.24) is 0 Å². The molecule has 0 spiro atoms. The van der Waals surface area contributed by atoms with Crippen molar-refractivity contribution in [2.24, 2.45) is 0 Å². The van der Waals surface area contributed by atoms with Crippen LogP contribution >= 0.6 is 0 Å². The Balaban J connectivity index is 1.81. The van der Waals surface area contributed by atoms with E-state index in [1.54, 1.807) is 0 Å². The van der Waals surface area contributed by atoms with Crippen molar-refractivity contribution in [3.8, 4) is 0 Å². The summed E-state index contributed by atoms with van der Waals surface area (Å²) in [6.45, 7) is 1.70. The Kier molecular flexibility index (Phi) is 4.56. The maximum absolute atomic E-state index is 10.9. The summed E-state index contributed by atoms with van der Waals surface area (Å²) < 4.78 is 0. The normalized spacial score (nSPS) is 13.2. The standard InChI is InChI=1S/C19H22NO/c21-13-5-12-20(15-16-6-2-1-3-7-16)19-11-10-17-8-4-9-18(17)14-19/h1-3,6-7,10-11,14H,4-5,8-9,12-13,15H2. The fraction of sp³-hybridized carbons (Fsp3) is 0.368. The maximum atomic E-state index is 10.9. The van der Waals surface area contributed by atoms with E-state index in [1.165, 1.54) is 41.6 Å². The lowest BCUT2D eigenvalue weighted by Gasteiger charge is -2.25. The smallest absolute Gasteiger partial charge is 0.0839 e. The molecule has 1 aliphatic rings. The molecule has 2 heteroatoms. The fourth-order valence-electron chi connectivity index (χ4n) is 3.11. The van der Waals surface area contributed by atoms with Crippen LogP contribution in [0.15, 0.2) is 48.5 Å². The summed E-state index contributed by atoms with van der Waals surface area (Å²) >= 11 is 0. The van der Waals surface area contributed by atoms with Gasteiger partial charge in [0.25, 0.3) is 0 Å². The first kappa shape index (κ1) is 14.2. The minimum Gasteiger partial charge on any atom is -0.367 e. The molecular formula is C19H22NO. The van der Waals surface area contributed by atoms with Crippen molar-refractivity contribution in [2.75, 3.05) is 18.1 Å². The monoisotopic (exact) mass is 280 g/mol. The highest BCUT2D eigenvalue weighted by molar-refractivity contribution is 5.52. The van der Waals surface area contributed by atoms with E-state index in [-0.39, 0.29) is 6.61 Å². The number of aryl methyl sites for hydroxylation is 2. The third kappa shape index (κ3) is 3.45. The predicted octanol–water partition coefficient (Wildman–Crippen LogP) is 4.00. The third-order valence-electron chi connectivity index (χ3n) is 4.24. The Hall–Kier alpha value is -1.80. The van der Waals surface area contributed by atoms with Gasteiger partial charge in [0.15, 0.2) is 0 Å². The van der Waals surface area contributed by atoms with Crippen LogP contribution in [0.1, 0.15) is 29.5 Å². The molecular weight excluding hydrogens is 258 g/mol. The molecule has 1 aliphatic carbocycles. The summed E-state index contributed by atoms with van der Waals surface area (Å²) in [4.78, 5) is 2.34. The predicted molar refractivity (Wildman–Crippen MR) is 86.1 cm³/mol. The Labute approximate surface area is 127 Å². The second-order valence-electron chi connectivity index (χ2n) is 5.77. The minimum atomic E-state index is -0.00374. The van der Waals surface area contributed by atoms with Gasteiger partial charge in [-0.05, 0) is 54.5 Å². The van der Waals surface area contributed by atoms with Crippen LogP contribution in [0.4, 0.5) is 5.69 Å². The Morgan fingerprint density at radius 3 is 2.57 bits per heavy atom. The van der Waals surface area contributed by atoms with E-state index in [2.05, 4.69) is 47.4 Å². The first-order valence-corrected chi connectivity index (χ1v) is 7.85. The summed E-state index contributed by atoms with van der Waals surface area (Å²) in [5.74, 6) is 0. The lowest BCUT2D eigenvalue weighted by molar-refractivity contribution is 0.190. The second kappa shape index (κ2) is 6.77. The van der Waals surface area contributed by atoms with Crippen molar-refractivity contribution in [1.29, 1.82) is 0 Å². The summed E-state index contributed by atoms with van der Waals surface area (Å²) in [5.41, 5.74) is 5.55. The van der Waals surface area contributed by atoms with Gasteiger partial charge in [-0.2, -0.15) is 0 Å². The van der Waals surface area contributed by atoms with Crippen molar-refractivity contribution in [3.63, 3.8) is 0 Å². The van der Waals surface area contributed by atoms with Gasteiger partial charge >= 0.3 is 0 Å². The van der Waals surface area contributed by atoms with E-state index in [1.807, 2.05) is 6.07 Å². The molecule has 0 heterocycles. The SMILES string of the molecule is [O]CCCN(Cc1ccccc1)c1ccc2c(c1)CCC2. The van der Waals surface area contributed by atoms with Gasteiger partial charge in [0.05, 0.1) is 6.61 Å². The van der Waals surface area contributed by atoms with Crippen LogP contribution in [0.3, 0.4) is 0 Å². The molecule has 0 bridgehead atoms. The topological polar surface area (TPSA) is 23.1 Å². The van der Waals surface area contributed by atoms with Gasteiger partial charge in [-0.25, -0.2) is 5.11 Å². The maximum Gasteiger partial charge on any atom is 0.0839 e. The van der Waals surface area contributed by atoms with Gasteiger partial charge in [-0.15, -0.1) is 0 Å². The summed E-state index contributed by atoms with van der Waals surface area (Å²) in [5, 5.41) is 10.9. The number of nitrogens with zero attached hydrogens (tertiary/aromatic N) is 1. The second-order valence-corrected chi connectivity index (χ2v) is 5.77. The number of benzene rings is 2. The molecule has 109 valence electrons. The first-order valence-electron chi connectivity index (χ1n) is 7.85. The molecule has 3 rings (SSSR count). The zero-order valence-electron chi connectivity index (χ0n) is 12.4. The summed E-state index contributed by atoms with van der Waals surface area (Å²) in [6.07, 6.45) is 4.39. The van der Waals surface area contributed by atoms with E-state index in [4.69, 9.17) is 0 Å². The molecule has 0 unspecified atom stereocenters. The quantitative estimate of drug-likeness (QED) is 0.784. The fourth-order valence-corrected chi connectivity index (χ4v) is 3.11. The molecule has 0 atom stereocenters. The Morgan fingerprint density at radius 1 is 0.952 bits per heavy atom. The van der Waals surface area contributed by atoms with E-state index < -0.39 is 0 Å². The van der Waals surface area contributed by atoms with Crippen LogP contribution in [0.2, 0.25) is 0 Å². The molecule has 21 heavy (non-hydrogen) atoms. The number of hydrogen-bond donors (Lipinski definition) is 0. The van der Waals surface area contributed by atoms with Gasteiger partial charge in [-0.1, -0.05) is 36.4 Å². The van der Waals surface area contributed by atoms with Crippen LogP contribution in [-0.2, 0) is 24.5 Å². The van der Waals surface area contributed by atoms with Crippen LogP contribution in [0, 0.1) is 0 Å². The molecule has 0 aromatic heterocycles.